The minimum Gasteiger partial charge on any atom is -0.461 e. The van der Waals surface area contributed by atoms with Crippen LogP contribution in [0.3, 0.4) is 0 Å². The van der Waals surface area contributed by atoms with E-state index in [0.29, 0.717) is 32.5 Å². The van der Waals surface area contributed by atoms with Crippen molar-refractivity contribution in [3.63, 3.8) is 0 Å². The first-order valence-corrected chi connectivity index (χ1v) is 7.71. The molecule has 20 heavy (non-hydrogen) atoms. The summed E-state index contributed by atoms with van der Waals surface area (Å²) in [6.07, 6.45) is 5.04. The van der Waals surface area contributed by atoms with E-state index in [0.717, 1.165) is 4.88 Å². The molecule has 1 aromatic rings. The molecule has 1 aromatic heterocycles. The highest BCUT2D eigenvalue weighted by Crippen LogP contribution is 2.21. The monoisotopic (exact) mass is 293 g/mol. The van der Waals surface area contributed by atoms with Gasteiger partial charge in [-0.1, -0.05) is 18.2 Å². The van der Waals surface area contributed by atoms with Crippen LogP contribution in [0.4, 0.5) is 0 Å². The lowest BCUT2D eigenvalue weighted by molar-refractivity contribution is -0.148. The molecule has 0 bridgehead atoms. The van der Waals surface area contributed by atoms with Gasteiger partial charge < -0.3 is 9.64 Å². The van der Waals surface area contributed by atoms with Crippen LogP contribution in [0.1, 0.15) is 29.4 Å². The van der Waals surface area contributed by atoms with Gasteiger partial charge in [0.1, 0.15) is 6.61 Å². The lowest BCUT2D eigenvalue weighted by atomic mass is 9.97. The Morgan fingerprint density at radius 1 is 1.45 bits per heavy atom. The third kappa shape index (κ3) is 3.70. The number of hydrogen-bond acceptors (Lipinski definition) is 4. The molecule has 0 unspecified atom stereocenters. The SMILES string of the molecule is C/C=C/COC(=O)C1CCN(C(=O)c2cccs2)CC1. The summed E-state index contributed by atoms with van der Waals surface area (Å²) < 4.78 is 5.16. The van der Waals surface area contributed by atoms with Crippen molar-refractivity contribution in [1.82, 2.24) is 4.90 Å². The topological polar surface area (TPSA) is 46.6 Å². The van der Waals surface area contributed by atoms with E-state index < -0.39 is 0 Å². The molecule has 4 nitrogen and oxygen atoms in total. The van der Waals surface area contributed by atoms with E-state index in [1.807, 2.05) is 41.5 Å². The first-order valence-electron chi connectivity index (χ1n) is 6.83. The molecule has 0 atom stereocenters. The molecular weight excluding hydrogens is 274 g/mol. The number of amides is 1. The lowest BCUT2D eigenvalue weighted by Gasteiger charge is -2.30. The summed E-state index contributed by atoms with van der Waals surface area (Å²) in [6, 6.07) is 3.72. The predicted octanol–water partition coefficient (Wildman–Crippen LogP) is 2.72. The average molecular weight is 293 g/mol. The Kier molecular flexibility index (Phi) is 5.35. The van der Waals surface area contributed by atoms with Crippen LogP contribution < -0.4 is 0 Å². The third-order valence-electron chi connectivity index (χ3n) is 3.40. The minimum atomic E-state index is -0.147. The number of thiophene rings is 1. The average Bonchev–Trinajstić information content (AvgIpc) is 3.01. The molecule has 1 aliphatic rings. The van der Waals surface area contributed by atoms with Gasteiger partial charge in [-0.25, -0.2) is 0 Å². The highest BCUT2D eigenvalue weighted by Gasteiger charge is 2.28. The lowest BCUT2D eigenvalue weighted by Crippen LogP contribution is -2.40. The number of ether oxygens (including phenoxy) is 1. The second kappa shape index (κ2) is 7.24. The summed E-state index contributed by atoms with van der Waals surface area (Å²) in [4.78, 5) is 26.6. The molecule has 0 radical (unpaired) electrons. The van der Waals surface area contributed by atoms with Crippen molar-refractivity contribution in [2.45, 2.75) is 19.8 Å². The standard InChI is InChI=1S/C15H19NO3S/c1-2-3-10-19-15(18)12-6-8-16(9-7-12)14(17)13-5-4-11-20-13/h2-5,11-12H,6-10H2,1H3/b3-2+. The molecule has 0 spiro atoms. The Hall–Kier alpha value is -1.62. The quantitative estimate of drug-likeness (QED) is 0.633. The first-order chi connectivity index (χ1) is 9.72. The van der Waals surface area contributed by atoms with E-state index in [4.69, 9.17) is 4.74 Å². The predicted molar refractivity (Wildman–Crippen MR) is 78.7 cm³/mol. The van der Waals surface area contributed by atoms with Gasteiger partial charge in [0.05, 0.1) is 10.8 Å². The van der Waals surface area contributed by atoms with E-state index >= 15 is 0 Å². The van der Waals surface area contributed by atoms with Crippen LogP contribution in [-0.2, 0) is 9.53 Å². The van der Waals surface area contributed by atoms with E-state index in [1.54, 1.807) is 0 Å². The number of allylic oxidation sites excluding steroid dienone is 1. The van der Waals surface area contributed by atoms with Crippen molar-refractivity contribution < 1.29 is 14.3 Å². The molecule has 1 amide bonds. The van der Waals surface area contributed by atoms with Crippen molar-refractivity contribution in [1.29, 1.82) is 0 Å². The molecule has 1 fully saturated rings. The van der Waals surface area contributed by atoms with Crippen molar-refractivity contribution >= 4 is 23.2 Å². The van der Waals surface area contributed by atoms with Crippen LogP contribution in [0.25, 0.3) is 0 Å². The molecule has 2 rings (SSSR count). The summed E-state index contributed by atoms with van der Waals surface area (Å²) >= 11 is 1.45. The summed E-state index contributed by atoms with van der Waals surface area (Å²) in [5.74, 6) is -0.153. The second-order valence-corrected chi connectivity index (χ2v) is 5.69. The number of likely N-dealkylation sites (tertiary alicyclic amines) is 1. The molecule has 0 aliphatic carbocycles. The maximum absolute atomic E-state index is 12.2. The number of carbonyl (C=O) groups is 2. The van der Waals surface area contributed by atoms with Gasteiger partial charge in [-0.2, -0.15) is 0 Å². The number of hydrogen-bond donors (Lipinski definition) is 0. The fourth-order valence-corrected chi connectivity index (χ4v) is 2.91. The van der Waals surface area contributed by atoms with Crippen LogP contribution in [-0.4, -0.2) is 36.5 Å². The van der Waals surface area contributed by atoms with Crippen LogP contribution in [0.15, 0.2) is 29.7 Å². The summed E-state index contributed by atoms with van der Waals surface area (Å²) in [5.41, 5.74) is 0. The molecule has 0 aromatic carbocycles. The van der Waals surface area contributed by atoms with Gasteiger partial charge in [-0.15, -0.1) is 11.3 Å². The highest BCUT2D eigenvalue weighted by molar-refractivity contribution is 7.12. The van der Waals surface area contributed by atoms with Crippen molar-refractivity contribution in [2.75, 3.05) is 19.7 Å². The molecule has 2 heterocycles. The molecule has 1 saturated heterocycles. The Morgan fingerprint density at radius 2 is 2.20 bits per heavy atom. The second-order valence-electron chi connectivity index (χ2n) is 4.74. The Labute approximate surface area is 123 Å². The zero-order chi connectivity index (χ0) is 14.4. The van der Waals surface area contributed by atoms with Gasteiger partial charge in [0, 0.05) is 13.1 Å². The van der Waals surface area contributed by atoms with E-state index in [-0.39, 0.29) is 17.8 Å². The van der Waals surface area contributed by atoms with Gasteiger partial charge in [-0.05, 0) is 31.2 Å². The number of rotatable bonds is 4. The minimum absolute atomic E-state index is 0.0701. The van der Waals surface area contributed by atoms with Crippen LogP contribution >= 0.6 is 11.3 Å². The highest BCUT2D eigenvalue weighted by atomic mass is 32.1. The summed E-state index contributed by atoms with van der Waals surface area (Å²) in [5, 5.41) is 1.90. The van der Waals surface area contributed by atoms with Crippen molar-refractivity contribution in [3.8, 4) is 0 Å². The summed E-state index contributed by atoms with van der Waals surface area (Å²) in [7, 11) is 0. The van der Waals surface area contributed by atoms with E-state index in [9.17, 15) is 9.59 Å². The van der Waals surface area contributed by atoms with Crippen LogP contribution in [0, 0.1) is 5.92 Å². The Balaban J connectivity index is 1.80. The van der Waals surface area contributed by atoms with Gasteiger partial charge in [-0.3, -0.25) is 9.59 Å². The zero-order valence-electron chi connectivity index (χ0n) is 11.6. The normalized spacial score (nSPS) is 16.6. The van der Waals surface area contributed by atoms with Crippen LogP contribution in [0.5, 0.6) is 0 Å². The van der Waals surface area contributed by atoms with Crippen LogP contribution in [0.2, 0.25) is 0 Å². The van der Waals surface area contributed by atoms with Gasteiger partial charge >= 0.3 is 5.97 Å². The molecule has 1 aliphatic heterocycles. The third-order valence-corrected chi connectivity index (χ3v) is 4.26. The molecule has 108 valence electrons. The Morgan fingerprint density at radius 3 is 2.80 bits per heavy atom. The van der Waals surface area contributed by atoms with Crippen molar-refractivity contribution in [3.05, 3.63) is 34.5 Å². The summed E-state index contributed by atoms with van der Waals surface area (Å²) in [6.45, 7) is 3.48. The fourth-order valence-electron chi connectivity index (χ4n) is 2.22. The van der Waals surface area contributed by atoms with Crippen molar-refractivity contribution in [2.24, 2.45) is 5.92 Å². The zero-order valence-corrected chi connectivity index (χ0v) is 12.4. The number of nitrogens with zero attached hydrogens (tertiary/aromatic N) is 1. The van der Waals surface area contributed by atoms with Gasteiger partial charge in [0.25, 0.3) is 5.91 Å². The molecule has 0 saturated carbocycles. The largest absolute Gasteiger partial charge is 0.461 e. The molecule has 0 N–H and O–H groups in total. The number of esters is 1. The van der Waals surface area contributed by atoms with Gasteiger partial charge in [0.2, 0.25) is 0 Å². The van der Waals surface area contributed by atoms with E-state index in [1.165, 1.54) is 11.3 Å². The maximum atomic E-state index is 12.2. The fraction of sp³-hybridized carbons (Fsp3) is 0.467. The van der Waals surface area contributed by atoms with Gasteiger partial charge in [0.15, 0.2) is 0 Å². The molecule has 5 heteroatoms. The maximum Gasteiger partial charge on any atom is 0.309 e. The number of piperidine rings is 1. The first kappa shape index (κ1) is 14.8. The molecular formula is C15H19NO3S. The smallest absolute Gasteiger partial charge is 0.309 e. The Bertz CT molecular complexity index is 473. The van der Waals surface area contributed by atoms with E-state index in [2.05, 4.69) is 0 Å². The number of carbonyl (C=O) groups excluding carboxylic acids is 2.